The Morgan fingerprint density at radius 3 is 2.22 bits per heavy atom. The highest BCUT2D eigenvalue weighted by Crippen LogP contribution is 2.25. The van der Waals surface area contributed by atoms with Crippen LogP contribution in [-0.2, 0) is 6.54 Å². The van der Waals surface area contributed by atoms with Crippen molar-refractivity contribution >= 4 is 17.4 Å². The van der Waals surface area contributed by atoms with Crippen molar-refractivity contribution in [3.05, 3.63) is 54.1 Å². The fraction of sp³-hybridized carbons (Fsp3) is 0.400. The summed E-state index contributed by atoms with van der Waals surface area (Å²) in [6.07, 6.45) is 4.50. The zero-order valence-corrected chi connectivity index (χ0v) is 15.4. The van der Waals surface area contributed by atoms with Crippen molar-refractivity contribution in [3.63, 3.8) is 0 Å². The number of thioether (sulfide) groups is 1. The molecule has 0 heterocycles. The van der Waals surface area contributed by atoms with Crippen LogP contribution >= 0.6 is 11.8 Å². The lowest BCUT2D eigenvalue weighted by Crippen LogP contribution is -2.32. The SMILES string of the molecule is CCCC(C)N(Cc1ccc(SC)cc1)c1ccc(OC)cc1. The normalized spacial score (nSPS) is 12.0. The molecule has 2 nitrogen and oxygen atoms in total. The van der Waals surface area contributed by atoms with Crippen LogP contribution in [-0.4, -0.2) is 19.4 Å². The van der Waals surface area contributed by atoms with Crippen molar-refractivity contribution in [2.75, 3.05) is 18.3 Å². The Kier molecular flexibility index (Phi) is 6.85. The molecule has 0 N–H and O–H groups in total. The van der Waals surface area contributed by atoms with Gasteiger partial charge in [-0.2, -0.15) is 0 Å². The zero-order valence-electron chi connectivity index (χ0n) is 14.6. The van der Waals surface area contributed by atoms with Crippen molar-refractivity contribution in [1.82, 2.24) is 0 Å². The van der Waals surface area contributed by atoms with E-state index in [1.54, 1.807) is 18.9 Å². The maximum Gasteiger partial charge on any atom is 0.119 e. The number of rotatable bonds is 8. The highest BCUT2D eigenvalue weighted by Gasteiger charge is 2.14. The third-order valence-corrected chi connectivity index (χ3v) is 4.90. The van der Waals surface area contributed by atoms with Gasteiger partial charge in [-0.05, 0) is 61.6 Å². The van der Waals surface area contributed by atoms with Gasteiger partial charge in [-0.25, -0.2) is 0 Å². The van der Waals surface area contributed by atoms with Crippen LogP contribution in [0.5, 0.6) is 5.75 Å². The minimum atomic E-state index is 0.508. The molecule has 0 radical (unpaired) electrons. The fourth-order valence-electron chi connectivity index (χ4n) is 2.78. The largest absolute Gasteiger partial charge is 0.497 e. The summed E-state index contributed by atoms with van der Waals surface area (Å²) in [5.41, 5.74) is 2.60. The fourth-order valence-corrected chi connectivity index (χ4v) is 3.18. The summed E-state index contributed by atoms with van der Waals surface area (Å²) in [5, 5.41) is 0. The Labute approximate surface area is 144 Å². The van der Waals surface area contributed by atoms with Crippen LogP contribution in [0.15, 0.2) is 53.4 Å². The van der Waals surface area contributed by atoms with E-state index in [1.165, 1.54) is 29.0 Å². The lowest BCUT2D eigenvalue weighted by atomic mass is 10.1. The average Bonchev–Trinajstić information content (AvgIpc) is 2.60. The van der Waals surface area contributed by atoms with Gasteiger partial charge in [-0.15, -0.1) is 11.8 Å². The molecule has 2 aromatic carbocycles. The summed E-state index contributed by atoms with van der Waals surface area (Å²) >= 11 is 1.78. The van der Waals surface area contributed by atoms with Crippen molar-refractivity contribution in [2.45, 2.75) is 44.2 Å². The van der Waals surface area contributed by atoms with Gasteiger partial charge < -0.3 is 9.64 Å². The third kappa shape index (κ3) is 4.93. The average molecular weight is 330 g/mol. The van der Waals surface area contributed by atoms with E-state index in [4.69, 9.17) is 4.74 Å². The number of nitrogens with zero attached hydrogens (tertiary/aromatic N) is 1. The predicted molar refractivity (Wildman–Crippen MR) is 102 cm³/mol. The zero-order chi connectivity index (χ0) is 16.7. The Bertz CT molecular complexity index is 580. The van der Waals surface area contributed by atoms with Crippen molar-refractivity contribution in [1.29, 1.82) is 0 Å². The standard InChI is InChI=1S/C20H27NOS/c1-5-6-16(2)21(18-9-11-19(22-3)12-10-18)15-17-7-13-20(23-4)14-8-17/h7-14,16H,5-6,15H2,1-4H3. The summed E-state index contributed by atoms with van der Waals surface area (Å²) < 4.78 is 5.28. The highest BCUT2D eigenvalue weighted by molar-refractivity contribution is 7.98. The number of ether oxygens (including phenoxy) is 1. The van der Waals surface area contributed by atoms with Crippen LogP contribution in [0.1, 0.15) is 32.3 Å². The van der Waals surface area contributed by atoms with Gasteiger partial charge in [0.1, 0.15) is 5.75 Å². The number of hydrogen-bond donors (Lipinski definition) is 0. The summed E-state index contributed by atoms with van der Waals surface area (Å²) in [5.74, 6) is 0.904. The van der Waals surface area contributed by atoms with Gasteiger partial charge in [-0.3, -0.25) is 0 Å². The van der Waals surface area contributed by atoms with Crippen molar-refractivity contribution < 1.29 is 4.74 Å². The number of methoxy groups -OCH3 is 1. The molecule has 0 bridgehead atoms. The van der Waals surface area contributed by atoms with Gasteiger partial charge in [0.25, 0.3) is 0 Å². The van der Waals surface area contributed by atoms with Gasteiger partial charge in [0.15, 0.2) is 0 Å². The summed E-state index contributed by atoms with van der Waals surface area (Å²) in [6.45, 7) is 5.49. The molecule has 0 aliphatic carbocycles. The molecule has 2 aromatic rings. The van der Waals surface area contributed by atoms with Crippen LogP contribution in [0.25, 0.3) is 0 Å². The van der Waals surface area contributed by atoms with Crippen LogP contribution in [0.4, 0.5) is 5.69 Å². The van der Waals surface area contributed by atoms with Gasteiger partial charge in [-0.1, -0.05) is 25.5 Å². The second-order valence-corrected chi connectivity index (χ2v) is 6.69. The first-order valence-corrected chi connectivity index (χ1v) is 9.44. The molecular weight excluding hydrogens is 302 g/mol. The molecular formula is C20H27NOS. The van der Waals surface area contributed by atoms with Gasteiger partial charge in [0.05, 0.1) is 7.11 Å². The lowest BCUT2D eigenvalue weighted by Gasteiger charge is -2.31. The van der Waals surface area contributed by atoms with E-state index >= 15 is 0 Å². The summed E-state index contributed by atoms with van der Waals surface area (Å²) in [7, 11) is 1.71. The maximum atomic E-state index is 5.28. The minimum absolute atomic E-state index is 0.508. The Morgan fingerprint density at radius 2 is 1.70 bits per heavy atom. The molecule has 0 aliphatic rings. The smallest absolute Gasteiger partial charge is 0.119 e. The van der Waals surface area contributed by atoms with Gasteiger partial charge in [0.2, 0.25) is 0 Å². The lowest BCUT2D eigenvalue weighted by molar-refractivity contribution is 0.414. The number of benzene rings is 2. The molecule has 124 valence electrons. The molecule has 3 heteroatoms. The van der Waals surface area contributed by atoms with Crippen LogP contribution in [0, 0.1) is 0 Å². The van der Waals surface area contributed by atoms with Crippen LogP contribution < -0.4 is 9.64 Å². The molecule has 23 heavy (non-hydrogen) atoms. The van der Waals surface area contributed by atoms with Gasteiger partial charge in [0, 0.05) is 23.2 Å². The van der Waals surface area contributed by atoms with Crippen molar-refractivity contribution in [3.8, 4) is 5.75 Å². The van der Waals surface area contributed by atoms with E-state index in [9.17, 15) is 0 Å². The number of anilines is 1. The van der Waals surface area contributed by atoms with E-state index in [2.05, 4.69) is 61.4 Å². The Morgan fingerprint density at radius 1 is 1.04 bits per heavy atom. The molecule has 0 amide bonds. The Balaban J connectivity index is 2.21. The van der Waals surface area contributed by atoms with Crippen LogP contribution in [0.3, 0.4) is 0 Å². The number of hydrogen-bond acceptors (Lipinski definition) is 3. The van der Waals surface area contributed by atoms with E-state index in [1.807, 2.05) is 12.1 Å². The topological polar surface area (TPSA) is 12.5 Å². The molecule has 1 unspecified atom stereocenters. The molecule has 1 atom stereocenters. The quantitative estimate of drug-likeness (QED) is 0.584. The van der Waals surface area contributed by atoms with Crippen LogP contribution in [0.2, 0.25) is 0 Å². The molecule has 0 spiro atoms. The first-order valence-electron chi connectivity index (χ1n) is 8.21. The second-order valence-electron chi connectivity index (χ2n) is 5.81. The summed E-state index contributed by atoms with van der Waals surface area (Å²) in [4.78, 5) is 3.79. The monoisotopic (exact) mass is 329 g/mol. The van der Waals surface area contributed by atoms with E-state index in [-0.39, 0.29) is 0 Å². The molecule has 0 saturated carbocycles. The van der Waals surface area contributed by atoms with E-state index in [0.29, 0.717) is 6.04 Å². The molecule has 0 aliphatic heterocycles. The maximum absolute atomic E-state index is 5.28. The third-order valence-electron chi connectivity index (χ3n) is 4.15. The molecule has 2 rings (SSSR count). The highest BCUT2D eigenvalue weighted by atomic mass is 32.2. The first-order chi connectivity index (χ1) is 11.2. The second kappa shape index (κ2) is 8.88. The predicted octanol–water partition coefficient (Wildman–Crippen LogP) is 5.61. The minimum Gasteiger partial charge on any atom is -0.497 e. The van der Waals surface area contributed by atoms with E-state index in [0.717, 1.165) is 12.3 Å². The molecule has 0 saturated heterocycles. The van der Waals surface area contributed by atoms with Gasteiger partial charge >= 0.3 is 0 Å². The Hall–Kier alpha value is -1.61. The molecule has 0 fully saturated rings. The molecule has 0 aromatic heterocycles. The van der Waals surface area contributed by atoms with E-state index < -0.39 is 0 Å². The summed E-state index contributed by atoms with van der Waals surface area (Å²) in [6, 6.07) is 17.8. The van der Waals surface area contributed by atoms with Crippen molar-refractivity contribution in [2.24, 2.45) is 0 Å². The first kappa shape index (κ1) is 17.7.